The number of nitrogens with two attached hydrogens (primary N) is 1. The van der Waals surface area contributed by atoms with Crippen LogP contribution in [0, 0.1) is 0 Å². The minimum Gasteiger partial charge on any atom is -0.482 e. The van der Waals surface area contributed by atoms with Gasteiger partial charge in [0.15, 0.2) is 11.3 Å². The van der Waals surface area contributed by atoms with Crippen LogP contribution >= 0.6 is 13.5 Å². The summed E-state index contributed by atoms with van der Waals surface area (Å²) in [6.07, 6.45) is 5.57. The average Bonchev–Trinajstić information content (AvgIpc) is 3.10. The molecule has 3 aromatic rings. The fraction of sp³-hybridized carbons (Fsp3) is 0.200. The fourth-order valence-corrected chi connectivity index (χ4v) is 2.11. The first-order valence-corrected chi connectivity index (χ1v) is 6.23. The van der Waals surface area contributed by atoms with Crippen molar-refractivity contribution in [3.63, 3.8) is 0 Å². The van der Waals surface area contributed by atoms with E-state index in [1.54, 1.807) is 18.8 Å². The lowest BCUT2D eigenvalue weighted by molar-refractivity contribution is 0.197. The molecule has 20 heavy (non-hydrogen) atoms. The number of fused-ring (bicyclic) bond motifs is 1. The van der Waals surface area contributed by atoms with Crippen LogP contribution in [0.1, 0.15) is 18.1 Å². The number of benzene rings is 1. The molecule has 2 N–H and O–H groups in total. The number of ether oxygens (including phenoxy) is 1. The zero-order valence-corrected chi connectivity index (χ0v) is 11.9. The molecule has 2 aromatic heterocycles. The van der Waals surface area contributed by atoms with Crippen molar-refractivity contribution >= 4 is 24.5 Å². The first-order chi connectivity index (χ1) is 9.38. The summed E-state index contributed by atoms with van der Waals surface area (Å²) in [5.41, 5.74) is 7.39. The summed E-state index contributed by atoms with van der Waals surface area (Å²) >= 11 is 0. The molecule has 0 bridgehead atoms. The van der Waals surface area contributed by atoms with Crippen molar-refractivity contribution in [1.82, 2.24) is 0 Å². The molecule has 0 amide bonds. The smallest absolute Gasteiger partial charge is 0.175 e. The SMILES string of the molecule is NCC[C@H](Oc1cccc2ccoc12)c1ccoc1.S. The van der Waals surface area contributed by atoms with Gasteiger partial charge in [-0.15, -0.1) is 0 Å². The molecular formula is C15H17NO3S. The van der Waals surface area contributed by atoms with Gasteiger partial charge in [0.1, 0.15) is 6.10 Å². The van der Waals surface area contributed by atoms with Gasteiger partial charge in [-0.25, -0.2) is 0 Å². The maximum absolute atomic E-state index is 6.04. The van der Waals surface area contributed by atoms with Gasteiger partial charge in [0.2, 0.25) is 0 Å². The summed E-state index contributed by atoms with van der Waals surface area (Å²) in [4.78, 5) is 0. The van der Waals surface area contributed by atoms with Gasteiger partial charge < -0.3 is 19.3 Å². The second-order valence-corrected chi connectivity index (χ2v) is 4.34. The number of rotatable bonds is 5. The quantitative estimate of drug-likeness (QED) is 0.780. The highest BCUT2D eigenvalue weighted by Gasteiger charge is 2.16. The zero-order valence-electron chi connectivity index (χ0n) is 10.9. The van der Waals surface area contributed by atoms with Crippen molar-refractivity contribution in [2.45, 2.75) is 12.5 Å². The van der Waals surface area contributed by atoms with E-state index in [9.17, 15) is 0 Å². The van der Waals surface area contributed by atoms with Crippen LogP contribution < -0.4 is 10.5 Å². The third-order valence-electron chi connectivity index (χ3n) is 3.06. The Bertz CT molecular complexity index is 648. The molecule has 2 heterocycles. The van der Waals surface area contributed by atoms with Gasteiger partial charge >= 0.3 is 0 Å². The van der Waals surface area contributed by atoms with Crippen molar-refractivity contribution < 1.29 is 13.6 Å². The van der Waals surface area contributed by atoms with Gasteiger partial charge in [-0.3, -0.25) is 0 Å². The van der Waals surface area contributed by atoms with Crippen LogP contribution in [0.2, 0.25) is 0 Å². The fourth-order valence-electron chi connectivity index (χ4n) is 2.11. The van der Waals surface area contributed by atoms with Crippen molar-refractivity contribution in [2.24, 2.45) is 5.73 Å². The summed E-state index contributed by atoms with van der Waals surface area (Å²) in [5, 5.41) is 1.02. The number of hydrogen-bond donors (Lipinski definition) is 1. The van der Waals surface area contributed by atoms with Crippen LogP contribution in [-0.4, -0.2) is 6.54 Å². The van der Waals surface area contributed by atoms with Crippen LogP contribution in [0.5, 0.6) is 5.75 Å². The molecule has 5 heteroatoms. The maximum atomic E-state index is 6.04. The molecule has 0 unspecified atom stereocenters. The van der Waals surface area contributed by atoms with Crippen LogP contribution in [-0.2, 0) is 0 Å². The Morgan fingerprint density at radius 1 is 1.15 bits per heavy atom. The average molecular weight is 291 g/mol. The largest absolute Gasteiger partial charge is 0.482 e. The molecule has 4 nitrogen and oxygen atoms in total. The summed E-state index contributed by atoms with van der Waals surface area (Å²) in [6.45, 7) is 0.546. The highest BCUT2D eigenvalue weighted by atomic mass is 32.1. The normalized spacial score (nSPS) is 12.1. The lowest BCUT2D eigenvalue weighted by Gasteiger charge is -2.17. The molecule has 3 rings (SSSR count). The first kappa shape index (κ1) is 14.6. The van der Waals surface area contributed by atoms with E-state index in [1.807, 2.05) is 30.3 Å². The topological polar surface area (TPSA) is 61.5 Å². The molecule has 0 saturated heterocycles. The van der Waals surface area contributed by atoms with E-state index in [0.29, 0.717) is 6.54 Å². The molecule has 0 radical (unpaired) electrons. The predicted octanol–water partition coefficient (Wildman–Crippen LogP) is 3.61. The standard InChI is InChI=1S/C15H15NO3.H2S/c16-7-4-13(12-5-8-17-10-12)19-14-3-1-2-11-6-9-18-15(11)14;/h1-3,5-6,8-10,13H,4,7,16H2;1H2/t13-;/m0./s1. The Morgan fingerprint density at radius 2 is 2.05 bits per heavy atom. The highest BCUT2D eigenvalue weighted by Crippen LogP contribution is 2.31. The van der Waals surface area contributed by atoms with Crippen LogP contribution in [0.3, 0.4) is 0 Å². The van der Waals surface area contributed by atoms with Gasteiger partial charge in [-0.2, -0.15) is 13.5 Å². The van der Waals surface area contributed by atoms with E-state index in [4.69, 9.17) is 19.3 Å². The van der Waals surface area contributed by atoms with Crippen LogP contribution in [0.4, 0.5) is 0 Å². The van der Waals surface area contributed by atoms with Gasteiger partial charge in [-0.05, 0) is 24.7 Å². The minimum absolute atomic E-state index is 0. The van der Waals surface area contributed by atoms with E-state index >= 15 is 0 Å². The van der Waals surface area contributed by atoms with E-state index < -0.39 is 0 Å². The molecule has 0 spiro atoms. The lowest BCUT2D eigenvalue weighted by Crippen LogP contribution is -2.12. The Hall–Kier alpha value is -1.85. The summed E-state index contributed by atoms with van der Waals surface area (Å²) in [6, 6.07) is 9.64. The Labute approximate surface area is 123 Å². The maximum Gasteiger partial charge on any atom is 0.175 e. The second kappa shape index (κ2) is 6.54. The molecule has 0 aliphatic rings. The minimum atomic E-state index is -0.126. The van der Waals surface area contributed by atoms with E-state index in [2.05, 4.69) is 0 Å². The van der Waals surface area contributed by atoms with Crippen molar-refractivity contribution in [3.8, 4) is 5.75 Å². The van der Waals surface area contributed by atoms with Gasteiger partial charge in [0, 0.05) is 17.4 Å². The summed E-state index contributed by atoms with van der Waals surface area (Å²) in [5.74, 6) is 0.724. The molecular weight excluding hydrogens is 274 g/mol. The lowest BCUT2D eigenvalue weighted by atomic mass is 10.1. The highest BCUT2D eigenvalue weighted by molar-refractivity contribution is 7.59. The third-order valence-corrected chi connectivity index (χ3v) is 3.06. The summed E-state index contributed by atoms with van der Waals surface area (Å²) in [7, 11) is 0. The predicted molar refractivity (Wildman–Crippen MR) is 82.3 cm³/mol. The van der Waals surface area contributed by atoms with E-state index in [1.165, 1.54) is 0 Å². The molecule has 106 valence electrons. The Balaban J connectivity index is 0.00000147. The molecule has 0 saturated carbocycles. The third kappa shape index (κ3) is 2.84. The molecule has 0 aliphatic carbocycles. The first-order valence-electron chi connectivity index (χ1n) is 6.23. The molecule has 0 aliphatic heterocycles. The molecule has 1 atom stereocenters. The number of hydrogen-bond acceptors (Lipinski definition) is 4. The van der Waals surface area contributed by atoms with Gasteiger partial charge in [0.05, 0.1) is 18.8 Å². The Morgan fingerprint density at radius 3 is 2.80 bits per heavy atom. The number of furan rings is 2. The molecule has 0 fully saturated rings. The van der Waals surface area contributed by atoms with Crippen molar-refractivity contribution in [2.75, 3.05) is 6.54 Å². The second-order valence-electron chi connectivity index (χ2n) is 4.34. The monoisotopic (exact) mass is 291 g/mol. The summed E-state index contributed by atoms with van der Waals surface area (Å²) < 4.78 is 16.6. The zero-order chi connectivity index (χ0) is 13.1. The van der Waals surface area contributed by atoms with Crippen LogP contribution in [0.25, 0.3) is 11.0 Å². The van der Waals surface area contributed by atoms with Gasteiger partial charge in [-0.1, -0.05) is 12.1 Å². The number of para-hydroxylation sites is 1. The van der Waals surface area contributed by atoms with E-state index in [-0.39, 0.29) is 19.6 Å². The van der Waals surface area contributed by atoms with Gasteiger partial charge in [0.25, 0.3) is 0 Å². The van der Waals surface area contributed by atoms with Crippen molar-refractivity contribution in [3.05, 3.63) is 54.7 Å². The molecule has 1 aromatic carbocycles. The van der Waals surface area contributed by atoms with Crippen molar-refractivity contribution in [1.29, 1.82) is 0 Å². The van der Waals surface area contributed by atoms with Crippen LogP contribution in [0.15, 0.2) is 58.0 Å². The Kier molecular flexibility index (Phi) is 4.76. The van der Waals surface area contributed by atoms with E-state index in [0.717, 1.165) is 28.7 Å².